The van der Waals surface area contributed by atoms with Gasteiger partial charge in [-0.3, -0.25) is 9.35 Å². The van der Waals surface area contributed by atoms with Crippen LogP contribution in [0.4, 0.5) is 0 Å². The van der Waals surface area contributed by atoms with Crippen molar-refractivity contribution in [3.05, 3.63) is 0 Å². The van der Waals surface area contributed by atoms with Crippen LogP contribution in [0.2, 0.25) is 0 Å². The summed E-state index contributed by atoms with van der Waals surface area (Å²) in [6, 6.07) is 0. The van der Waals surface area contributed by atoms with Gasteiger partial charge in [-0.2, -0.15) is 8.42 Å². The van der Waals surface area contributed by atoms with Crippen molar-refractivity contribution in [2.24, 2.45) is 0 Å². The first kappa shape index (κ1) is 17.1. The molecular formula is C2H5CuNaO5S. The number of rotatable bonds is 1. The molecule has 0 rings (SSSR count). The first-order chi connectivity index (χ1) is 3.42. The van der Waals surface area contributed by atoms with Gasteiger partial charge in [0.25, 0.3) is 0 Å². The molecule has 0 heterocycles. The van der Waals surface area contributed by atoms with Crippen LogP contribution in [0.15, 0.2) is 0 Å². The SMILES string of the molecule is CC(=O)OS(=O)(=O)O.[Cu].[NaH]. The van der Waals surface area contributed by atoms with Crippen LogP contribution >= 0.6 is 0 Å². The van der Waals surface area contributed by atoms with E-state index in [4.69, 9.17) is 4.55 Å². The molecule has 0 aromatic carbocycles. The van der Waals surface area contributed by atoms with E-state index < -0.39 is 16.4 Å². The molecule has 5 nitrogen and oxygen atoms in total. The van der Waals surface area contributed by atoms with Gasteiger partial charge < -0.3 is 4.18 Å². The summed E-state index contributed by atoms with van der Waals surface area (Å²) in [6.45, 7) is 0.869. The Morgan fingerprint density at radius 1 is 1.50 bits per heavy atom. The van der Waals surface area contributed by atoms with Gasteiger partial charge >= 0.3 is 45.9 Å². The topological polar surface area (TPSA) is 80.7 Å². The van der Waals surface area contributed by atoms with Gasteiger partial charge in [-0.25, -0.2) is 0 Å². The van der Waals surface area contributed by atoms with Gasteiger partial charge in [0, 0.05) is 24.0 Å². The maximum absolute atomic E-state index is 9.70. The first-order valence-corrected chi connectivity index (χ1v) is 2.96. The summed E-state index contributed by atoms with van der Waals surface area (Å²) in [5.41, 5.74) is 0. The van der Waals surface area contributed by atoms with Crippen molar-refractivity contribution in [3.8, 4) is 0 Å². The monoisotopic (exact) mass is 227 g/mol. The minimum atomic E-state index is -4.57. The second-order valence-electron chi connectivity index (χ2n) is 1.00. The maximum atomic E-state index is 9.70. The van der Waals surface area contributed by atoms with E-state index in [1.807, 2.05) is 0 Å². The average Bonchev–Trinajstić information content (AvgIpc) is 1.21. The Hall–Kier alpha value is 0.899. The fraction of sp³-hybridized carbons (Fsp3) is 0.500. The zero-order chi connectivity index (χ0) is 6.78. The summed E-state index contributed by atoms with van der Waals surface area (Å²) < 4.78 is 30.2. The van der Waals surface area contributed by atoms with Crippen molar-refractivity contribution in [2.75, 3.05) is 0 Å². The third-order valence-electron chi connectivity index (χ3n) is 0.223. The Morgan fingerprint density at radius 2 is 1.80 bits per heavy atom. The molecule has 0 aliphatic rings. The van der Waals surface area contributed by atoms with Crippen molar-refractivity contribution >= 4 is 45.9 Å². The van der Waals surface area contributed by atoms with Gasteiger partial charge in [0.15, 0.2) is 0 Å². The second-order valence-corrected chi connectivity index (χ2v) is 2.02. The number of carbonyl (C=O) groups is 1. The first-order valence-electron chi connectivity index (χ1n) is 1.59. The van der Waals surface area contributed by atoms with Crippen LogP contribution in [0.3, 0.4) is 0 Å². The van der Waals surface area contributed by atoms with Crippen LogP contribution < -0.4 is 0 Å². The third kappa shape index (κ3) is 16.0. The average molecular weight is 228 g/mol. The van der Waals surface area contributed by atoms with Crippen molar-refractivity contribution in [1.82, 2.24) is 0 Å². The Bertz CT molecular complexity index is 186. The molecular weight excluding hydrogens is 223 g/mol. The van der Waals surface area contributed by atoms with Crippen LogP contribution in [0, 0.1) is 0 Å². The zero-order valence-electron chi connectivity index (χ0n) is 4.29. The molecule has 0 amide bonds. The Labute approximate surface area is 91.2 Å². The molecule has 0 saturated carbocycles. The quantitative estimate of drug-likeness (QED) is 0.445. The zero-order valence-corrected chi connectivity index (χ0v) is 6.05. The van der Waals surface area contributed by atoms with E-state index >= 15 is 0 Å². The van der Waals surface area contributed by atoms with Crippen molar-refractivity contribution in [2.45, 2.75) is 6.92 Å². The van der Waals surface area contributed by atoms with E-state index in [2.05, 4.69) is 4.18 Å². The van der Waals surface area contributed by atoms with Crippen molar-refractivity contribution in [1.29, 1.82) is 0 Å². The molecule has 61 valence electrons. The number of hydrogen-bond acceptors (Lipinski definition) is 4. The molecule has 0 aromatic heterocycles. The summed E-state index contributed by atoms with van der Waals surface area (Å²) in [5.74, 6) is -1.06. The Morgan fingerprint density at radius 3 is 1.80 bits per heavy atom. The van der Waals surface area contributed by atoms with Crippen molar-refractivity contribution in [3.63, 3.8) is 0 Å². The molecule has 0 bridgehead atoms. The van der Waals surface area contributed by atoms with E-state index in [0.29, 0.717) is 0 Å². The molecule has 0 fully saturated rings. The standard InChI is InChI=1S/C2H4O5S.Cu.Na.H/c1-2(3)7-8(4,5)6;;;/h1H3,(H,4,5,6);;;. The van der Waals surface area contributed by atoms with E-state index in [9.17, 15) is 13.2 Å². The summed E-state index contributed by atoms with van der Waals surface area (Å²) >= 11 is 0. The van der Waals surface area contributed by atoms with E-state index in [0.717, 1.165) is 6.92 Å². The van der Waals surface area contributed by atoms with Gasteiger partial charge in [0.05, 0.1) is 0 Å². The Kier molecular flexibility index (Phi) is 11.3. The van der Waals surface area contributed by atoms with E-state index in [1.165, 1.54) is 0 Å². The minimum absolute atomic E-state index is 0. The summed E-state index contributed by atoms with van der Waals surface area (Å²) in [6.07, 6.45) is 0. The molecule has 0 aliphatic heterocycles. The molecule has 0 spiro atoms. The Balaban J connectivity index is -0.000000245. The molecule has 8 heteroatoms. The fourth-order valence-electron chi connectivity index (χ4n) is 0.148. The van der Waals surface area contributed by atoms with Crippen LogP contribution in [0.5, 0.6) is 0 Å². The summed E-state index contributed by atoms with van der Waals surface area (Å²) in [7, 11) is -4.57. The fourth-order valence-corrected chi connectivity index (χ4v) is 0.445. The van der Waals surface area contributed by atoms with Crippen molar-refractivity contribution < 1.29 is 39.0 Å². The van der Waals surface area contributed by atoms with Crippen LogP contribution in [-0.4, -0.2) is 48.5 Å². The second kappa shape index (κ2) is 6.60. The predicted octanol–water partition coefficient (Wildman–Crippen LogP) is -1.30. The molecule has 1 N–H and O–H groups in total. The normalized spacial score (nSPS) is 8.60. The molecule has 0 saturated heterocycles. The van der Waals surface area contributed by atoms with E-state index in [1.54, 1.807) is 0 Å². The van der Waals surface area contributed by atoms with E-state index in [-0.39, 0.29) is 46.6 Å². The van der Waals surface area contributed by atoms with Gasteiger partial charge in [-0.05, 0) is 0 Å². The van der Waals surface area contributed by atoms with Crippen LogP contribution in [0.25, 0.3) is 0 Å². The van der Waals surface area contributed by atoms with Gasteiger partial charge in [-0.1, -0.05) is 0 Å². The molecule has 0 unspecified atom stereocenters. The van der Waals surface area contributed by atoms with Gasteiger partial charge in [0.1, 0.15) is 0 Å². The molecule has 0 aliphatic carbocycles. The van der Waals surface area contributed by atoms with Crippen LogP contribution in [0.1, 0.15) is 6.92 Å². The summed E-state index contributed by atoms with van der Waals surface area (Å²) in [4.78, 5) is 9.70. The molecule has 1 radical (unpaired) electrons. The summed E-state index contributed by atoms with van der Waals surface area (Å²) in [5, 5.41) is 0. The predicted molar refractivity (Wildman–Crippen MR) is 30.5 cm³/mol. The number of hydrogen-bond donors (Lipinski definition) is 1. The third-order valence-corrected chi connectivity index (χ3v) is 0.668. The van der Waals surface area contributed by atoms with Gasteiger partial charge in [0.2, 0.25) is 0 Å². The van der Waals surface area contributed by atoms with Crippen LogP contribution in [-0.2, 0) is 36.4 Å². The number of carbonyl (C=O) groups excluding carboxylic acids is 1. The molecule has 10 heavy (non-hydrogen) atoms. The van der Waals surface area contributed by atoms with Gasteiger partial charge in [-0.15, -0.1) is 0 Å². The molecule has 0 atom stereocenters. The molecule has 0 aromatic rings.